The molecule has 3 rings (SSSR count). The third kappa shape index (κ3) is 4.84. The first kappa shape index (κ1) is 20.6. The zero-order valence-corrected chi connectivity index (χ0v) is 17.2. The molecule has 0 aliphatic carbocycles. The van der Waals surface area contributed by atoms with E-state index < -0.39 is 10.0 Å². The van der Waals surface area contributed by atoms with E-state index in [4.69, 9.17) is 16.3 Å². The molecular weight excluding hydrogens is 400 g/mol. The van der Waals surface area contributed by atoms with Gasteiger partial charge in [-0.2, -0.15) is 4.31 Å². The molecule has 28 heavy (non-hydrogen) atoms. The second kappa shape index (κ2) is 8.94. The smallest absolute Gasteiger partial charge is 0.253 e. The Labute approximate surface area is 170 Å². The Kier molecular flexibility index (Phi) is 6.59. The number of hydrogen-bond acceptors (Lipinski definition) is 4. The summed E-state index contributed by atoms with van der Waals surface area (Å²) in [6, 6.07) is 13.3. The van der Waals surface area contributed by atoms with Gasteiger partial charge in [0, 0.05) is 30.7 Å². The fourth-order valence-electron chi connectivity index (χ4n) is 3.05. The number of rotatable bonds is 7. The van der Waals surface area contributed by atoms with Crippen molar-refractivity contribution in [1.29, 1.82) is 0 Å². The van der Waals surface area contributed by atoms with Crippen molar-refractivity contribution in [2.75, 3.05) is 33.3 Å². The molecule has 8 heteroatoms. The number of carbonyl (C=O) groups excluding carboxylic acids is 1. The molecule has 6 nitrogen and oxygen atoms in total. The molecule has 1 aliphatic rings. The zero-order valence-electron chi connectivity index (χ0n) is 15.7. The van der Waals surface area contributed by atoms with E-state index in [1.54, 1.807) is 43.4 Å². The van der Waals surface area contributed by atoms with Crippen molar-refractivity contribution in [3.05, 3.63) is 59.1 Å². The van der Waals surface area contributed by atoms with Crippen LogP contribution >= 0.6 is 11.6 Å². The Morgan fingerprint density at radius 2 is 1.86 bits per heavy atom. The molecule has 1 aliphatic heterocycles. The maximum Gasteiger partial charge on any atom is 0.253 e. The average Bonchev–Trinajstić information content (AvgIpc) is 3.23. The average molecular weight is 423 g/mol. The van der Waals surface area contributed by atoms with Crippen molar-refractivity contribution in [2.45, 2.75) is 17.7 Å². The predicted octanol–water partition coefficient (Wildman–Crippen LogP) is 3.28. The summed E-state index contributed by atoms with van der Waals surface area (Å²) in [4.78, 5) is 14.3. The van der Waals surface area contributed by atoms with Gasteiger partial charge in [0.15, 0.2) is 0 Å². The first-order valence-electron chi connectivity index (χ1n) is 9.12. The lowest BCUT2D eigenvalue weighted by molar-refractivity contribution is 0.0773. The molecule has 0 radical (unpaired) electrons. The van der Waals surface area contributed by atoms with E-state index in [2.05, 4.69) is 0 Å². The van der Waals surface area contributed by atoms with E-state index in [1.165, 1.54) is 21.3 Å². The molecule has 0 unspecified atom stereocenters. The number of amides is 1. The van der Waals surface area contributed by atoms with Crippen LogP contribution in [0.15, 0.2) is 53.4 Å². The number of benzene rings is 2. The fourth-order valence-corrected chi connectivity index (χ4v) is 4.79. The fraction of sp³-hybridized carbons (Fsp3) is 0.350. The minimum Gasteiger partial charge on any atom is -0.492 e. The summed E-state index contributed by atoms with van der Waals surface area (Å²) >= 11 is 5.92. The Balaban J connectivity index is 1.63. The third-order valence-corrected chi connectivity index (χ3v) is 6.75. The molecular formula is C20H23ClN2O4S. The number of hydrogen-bond donors (Lipinski definition) is 0. The molecule has 0 bridgehead atoms. The predicted molar refractivity (Wildman–Crippen MR) is 108 cm³/mol. The van der Waals surface area contributed by atoms with E-state index >= 15 is 0 Å². The van der Waals surface area contributed by atoms with E-state index in [0.717, 1.165) is 12.8 Å². The van der Waals surface area contributed by atoms with Crippen LogP contribution in [-0.2, 0) is 10.0 Å². The molecule has 1 heterocycles. The molecule has 0 aromatic heterocycles. The maximum atomic E-state index is 12.7. The summed E-state index contributed by atoms with van der Waals surface area (Å²) in [6.07, 6.45) is 1.74. The highest BCUT2D eigenvalue weighted by Gasteiger charge is 2.27. The highest BCUT2D eigenvalue weighted by molar-refractivity contribution is 7.89. The molecule has 2 aromatic rings. The molecule has 1 amide bonds. The van der Waals surface area contributed by atoms with Crippen LogP contribution in [0.1, 0.15) is 23.2 Å². The lowest BCUT2D eigenvalue weighted by atomic mass is 10.2. The first-order valence-corrected chi connectivity index (χ1v) is 10.9. The van der Waals surface area contributed by atoms with E-state index in [0.29, 0.717) is 42.6 Å². The maximum absolute atomic E-state index is 12.7. The number of likely N-dealkylation sites (N-methyl/N-ethyl adjacent to an activating group) is 1. The number of halogens is 1. The van der Waals surface area contributed by atoms with Gasteiger partial charge in [-0.05, 0) is 49.2 Å². The normalized spacial score (nSPS) is 14.8. The topological polar surface area (TPSA) is 66.9 Å². The highest BCUT2D eigenvalue weighted by atomic mass is 35.5. The summed E-state index contributed by atoms with van der Waals surface area (Å²) in [7, 11) is -1.89. The van der Waals surface area contributed by atoms with Crippen LogP contribution in [0.5, 0.6) is 5.75 Å². The summed E-state index contributed by atoms with van der Waals surface area (Å²) < 4.78 is 32.5. The van der Waals surface area contributed by atoms with Gasteiger partial charge in [-0.1, -0.05) is 23.7 Å². The Morgan fingerprint density at radius 3 is 2.57 bits per heavy atom. The molecule has 0 spiro atoms. The molecule has 1 saturated heterocycles. The van der Waals surface area contributed by atoms with Crippen LogP contribution in [0.2, 0.25) is 5.02 Å². The molecule has 2 aromatic carbocycles. The Morgan fingerprint density at radius 1 is 1.14 bits per heavy atom. The van der Waals surface area contributed by atoms with Crippen molar-refractivity contribution in [1.82, 2.24) is 9.21 Å². The van der Waals surface area contributed by atoms with Crippen molar-refractivity contribution in [3.8, 4) is 5.75 Å². The van der Waals surface area contributed by atoms with Crippen molar-refractivity contribution < 1.29 is 17.9 Å². The van der Waals surface area contributed by atoms with Gasteiger partial charge >= 0.3 is 0 Å². The van der Waals surface area contributed by atoms with E-state index in [-0.39, 0.29) is 10.8 Å². The van der Waals surface area contributed by atoms with Crippen molar-refractivity contribution in [3.63, 3.8) is 0 Å². The SMILES string of the molecule is CN(CCOc1cccc(Cl)c1)C(=O)c1cccc(S(=O)(=O)N2CCCC2)c1. The zero-order chi connectivity index (χ0) is 20.1. The summed E-state index contributed by atoms with van der Waals surface area (Å²) in [5, 5.41) is 0.581. The third-order valence-electron chi connectivity index (χ3n) is 4.62. The number of sulfonamides is 1. The minimum absolute atomic E-state index is 0.156. The molecule has 150 valence electrons. The molecule has 0 atom stereocenters. The lowest BCUT2D eigenvalue weighted by Crippen LogP contribution is -2.31. The highest BCUT2D eigenvalue weighted by Crippen LogP contribution is 2.22. The van der Waals surface area contributed by atoms with Crippen LogP contribution in [0.4, 0.5) is 0 Å². The summed E-state index contributed by atoms with van der Waals surface area (Å²) in [5.74, 6) is 0.375. The summed E-state index contributed by atoms with van der Waals surface area (Å²) in [6.45, 7) is 1.71. The first-order chi connectivity index (χ1) is 13.4. The quantitative estimate of drug-likeness (QED) is 0.686. The molecule has 1 fully saturated rings. The number of ether oxygens (including phenoxy) is 1. The molecule has 0 saturated carbocycles. The van der Waals surface area contributed by atoms with Crippen LogP contribution in [-0.4, -0.2) is 56.8 Å². The molecule has 0 N–H and O–H groups in total. The van der Waals surface area contributed by atoms with Gasteiger partial charge in [-0.15, -0.1) is 0 Å². The van der Waals surface area contributed by atoms with Crippen LogP contribution < -0.4 is 4.74 Å². The lowest BCUT2D eigenvalue weighted by Gasteiger charge is -2.19. The van der Waals surface area contributed by atoms with Crippen molar-refractivity contribution >= 4 is 27.5 Å². The van der Waals surface area contributed by atoms with Gasteiger partial charge in [0.05, 0.1) is 11.4 Å². The second-order valence-corrected chi connectivity index (χ2v) is 9.05. The number of nitrogens with zero attached hydrogens (tertiary/aromatic N) is 2. The Bertz CT molecular complexity index is 943. The van der Waals surface area contributed by atoms with Gasteiger partial charge in [0.2, 0.25) is 10.0 Å². The van der Waals surface area contributed by atoms with E-state index in [1.807, 2.05) is 0 Å². The monoisotopic (exact) mass is 422 g/mol. The summed E-state index contributed by atoms with van der Waals surface area (Å²) in [5.41, 5.74) is 0.338. The second-order valence-electron chi connectivity index (χ2n) is 6.67. The van der Waals surface area contributed by atoms with E-state index in [9.17, 15) is 13.2 Å². The van der Waals surface area contributed by atoms with Crippen LogP contribution in [0.25, 0.3) is 0 Å². The standard InChI is InChI=1S/C20H23ClN2O4S/c1-22(12-13-27-18-8-5-7-17(21)15-18)20(24)16-6-4-9-19(14-16)28(25,26)23-10-2-3-11-23/h4-9,14-15H,2-3,10-13H2,1H3. The van der Waals surface area contributed by atoms with Gasteiger partial charge in [0.1, 0.15) is 12.4 Å². The Hall–Kier alpha value is -2.09. The van der Waals surface area contributed by atoms with Gasteiger partial charge in [-0.25, -0.2) is 8.42 Å². The van der Waals surface area contributed by atoms with Crippen LogP contribution in [0, 0.1) is 0 Å². The minimum atomic E-state index is -3.55. The van der Waals surface area contributed by atoms with Crippen molar-refractivity contribution in [2.24, 2.45) is 0 Å². The van der Waals surface area contributed by atoms with Crippen LogP contribution in [0.3, 0.4) is 0 Å². The van der Waals surface area contributed by atoms with Gasteiger partial charge in [0.25, 0.3) is 5.91 Å². The van der Waals surface area contributed by atoms with Gasteiger partial charge < -0.3 is 9.64 Å². The number of carbonyl (C=O) groups is 1. The van der Waals surface area contributed by atoms with Gasteiger partial charge in [-0.3, -0.25) is 4.79 Å². The largest absolute Gasteiger partial charge is 0.492 e.